The topological polar surface area (TPSA) is 96.0 Å². The van der Waals surface area contributed by atoms with E-state index in [1.165, 1.54) is 24.4 Å². The van der Waals surface area contributed by atoms with Crippen LogP contribution in [0.4, 0.5) is 4.79 Å². The van der Waals surface area contributed by atoms with E-state index < -0.39 is 11.9 Å². The first-order valence-corrected chi connectivity index (χ1v) is 8.64. The lowest BCUT2D eigenvalue weighted by Crippen LogP contribution is -2.50. The Morgan fingerprint density at radius 2 is 2.00 bits per heavy atom. The molecule has 0 aliphatic heterocycles. The molecule has 9 heteroatoms. The average Bonchev–Trinajstić information content (AvgIpc) is 2.54. The van der Waals surface area contributed by atoms with Crippen LogP contribution in [0, 0.1) is 0 Å². The molecule has 1 saturated carbocycles. The van der Waals surface area contributed by atoms with Crippen molar-refractivity contribution in [3.8, 4) is 0 Å². The summed E-state index contributed by atoms with van der Waals surface area (Å²) in [5.74, 6) is -0.582. The molecule has 0 unspecified atom stereocenters. The number of aromatic nitrogens is 2. The summed E-state index contributed by atoms with van der Waals surface area (Å²) in [7, 11) is 0. The van der Waals surface area contributed by atoms with E-state index >= 15 is 0 Å². The zero-order valence-electron chi connectivity index (χ0n) is 12.2. The Kier molecular flexibility index (Phi) is 6.26. The number of halogens is 1. The number of carbonyl (C=O) groups is 2. The number of thioether (sulfide) groups is 1. The Hall–Kier alpha value is -1.54. The maximum absolute atomic E-state index is 12.0. The van der Waals surface area contributed by atoms with Crippen molar-refractivity contribution in [3.63, 3.8) is 0 Å². The number of nitrogens with one attached hydrogen (secondary N) is 3. The minimum Gasteiger partial charge on any atom is -0.334 e. The van der Waals surface area contributed by atoms with Gasteiger partial charge in [-0.3, -0.25) is 10.2 Å². The molecule has 120 valence electrons. The van der Waals surface area contributed by atoms with Gasteiger partial charge in [0.1, 0.15) is 0 Å². The smallest absolute Gasteiger partial charge is 0.333 e. The predicted molar refractivity (Wildman–Crippen MR) is 84.8 cm³/mol. The maximum Gasteiger partial charge on any atom is 0.333 e. The number of carbonyl (C=O) groups excluding carboxylic acids is 2. The van der Waals surface area contributed by atoms with Gasteiger partial charge in [0, 0.05) is 6.04 Å². The third-order valence-corrected chi connectivity index (χ3v) is 4.19. The van der Waals surface area contributed by atoms with Gasteiger partial charge in [-0.15, -0.1) is 0 Å². The third-order valence-electron chi connectivity index (χ3n) is 3.35. The Balaban J connectivity index is 1.85. The molecule has 0 saturated heterocycles. The molecular formula is C13H18ClN5O2S. The summed E-state index contributed by atoms with van der Waals surface area (Å²) in [6.07, 6.45) is 8.53. The molecule has 0 bridgehead atoms. The van der Waals surface area contributed by atoms with Crippen molar-refractivity contribution >= 4 is 35.3 Å². The summed E-state index contributed by atoms with van der Waals surface area (Å²) in [4.78, 5) is 31.7. The largest absolute Gasteiger partial charge is 0.334 e. The van der Waals surface area contributed by atoms with Gasteiger partial charge in [0.2, 0.25) is 0 Å². The summed E-state index contributed by atoms with van der Waals surface area (Å²) in [6, 6.07) is -0.271. The molecule has 1 heterocycles. The van der Waals surface area contributed by atoms with Gasteiger partial charge in [-0.1, -0.05) is 42.6 Å². The zero-order chi connectivity index (χ0) is 15.9. The van der Waals surface area contributed by atoms with Gasteiger partial charge in [-0.25, -0.2) is 20.2 Å². The van der Waals surface area contributed by atoms with Crippen molar-refractivity contribution in [2.75, 3.05) is 6.26 Å². The highest BCUT2D eigenvalue weighted by Gasteiger charge is 2.17. The normalized spacial score (nSPS) is 15.2. The molecular weight excluding hydrogens is 326 g/mol. The quantitative estimate of drug-likeness (QED) is 0.444. The number of urea groups is 1. The lowest BCUT2D eigenvalue weighted by molar-refractivity contribution is 0.0929. The Bertz CT molecular complexity index is 551. The van der Waals surface area contributed by atoms with Gasteiger partial charge in [0.15, 0.2) is 10.9 Å². The van der Waals surface area contributed by atoms with Crippen molar-refractivity contribution in [1.29, 1.82) is 0 Å². The van der Waals surface area contributed by atoms with E-state index in [9.17, 15) is 9.59 Å². The molecule has 0 atom stereocenters. The monoisotopic (exact) mass is 343 g/mol. The van der Waals surface area contributed by atoms with Crippen LogP contribution in [0.3, 0.4) is 0 Å². The van der Waals surface area contributed by atoms with E-state index in [2.05, 4.69) is 26.1 Å². The SMILES string of the molecule is CSc1ncc(Cl)c(C(=O)NNC(=O)NC2CCCCC2)n1. The number of hydrogen-bond acceptors (Lipinski definition) is 5. The van der Waals surface area contributed by atoms with E-state index in [1.807, 2.05) is 0 Å². The van der Waals surface area contributed by atoms with Gasteiger partial charge in [0.05, 0.1) is 11.2 Å². The van der Waals surface area contributed by atoms with E-state index in [1.54, 1.807) is 6.26 Å². The summed E-state index contributed by atoms with van der Waals surface area (Å²) in [5.41, 5.74) is 4.64. The minimum atomic E-state index is -0.582. The van der Waals surface area contributed by atoms with Crippen LogP contribution in [0.1, 0.15) is 42.6 Å². The molecule has 7 nitrogen and oxygen atoms in total. The van der Waals surface area contributed by atoms with E-state index in [4.69, 9.17) is 11.6 Å². The van der Waals surface area contributed by atoms with Crippen LogP contribution in [0.5, 0.6) is 0 Å². The lowest BCUT2D eigenvalue weighted by atomic mass is 9.96. The third kappa shape index (κ3) is 4.74. The Morgan fingerprint density at radius 1 is 1.27 bits per heavy atom. The molecule has 0 radical (unpaired) electrons. The summed E-state index contributed by atoms with van der Waals surface area (Å²) >= 11 is 7.19. The van der Waals surface area contributed by atoms with Crippen LogP contribution in [0.15, 0.2) is 11.4 Å². The number of hydrogen-bond donors (Lipinski definition) is 3. The number of rotatable bonds is 3. The molecule has 1 aromatic rings. The maximum atomic E-state index is 12.0. The first-order chi connectivity index (χ1) is 10.6. The van der Waals surface area contributed by atoms with E-state index in [0.29, 0.717) is 5.16 Å². The Labute approximate surface area is 138 Å². The number of nitrogens with zero attached hydrogens (tertiary/aromatic N) is 2. The van der Waals surface area contributed by atoms with Crippen LogP contribution in [0.2, 0.25) is 5.02 Å². The first-order valence-electron chi connectivity index (χ1n) is 7.03. The molecule has 2 rings (SSSR count). The molecule has 3 amide bonds. The van der Waals surface area contributed by atoms with Crippen LogP contribution in [0.25, 0.3) is 0 Å². The summed E-state index contributed by atoms with van der Waals surface area (Å²) in [6.45, 7) is 0. The van der Waals surface area contributed by atoms with Gasteiger partial charge < -0.3 is 5.32 Å². The summed E-state index contributed by atoms with van der Waals surface area (Å²) < 4.78 is 0. The molecule has 0 spiro atoms. The lowest BCUT2D eigenvalue weighted by Gasteiger charge is -2.22. The van der Waals surface area contributed by atoms with Crippen molar-refractivity contribution in [2.45, 2.75) is 43.3 Å². The van der Waals surface area contributed by atoms with Gasteiger partial charge in [0.25, 0.3) is 5.91 Å². The number of hydrazine groups is 1. The highest BCUT2D eigenvalue weighted by Crippen LogP contribution is 2.17. The molecule has 3 N–H and O–H groups in total. The zero-order valence-corrected chi connectivity index (χ0v) is 13.8. The predicted octanol–water partition coefficient (Wildman–Crippen LogP) is 2.13. The van der Waals surface area contributed by atoms with Gasteiger partial charge in [-0.05, 0) is 19.1 Å². The average molecular weight is 344 g/mol. The van der Waals surface area contributed by atoms with Crippen molar-refractivity contribution in [3.05, 3.63) is 16.9 Å². The molecule has 1 aromatic heterocycles. The van der Waals surface area contributed by atoms with Crippen molar-refractivity contribution in [1.82, 2.24) is 26.1 Å². The van der Waals surface area contributed by atoms with Crippen LogP contribution >= 0.6 is 23.4 Å². The fourth-order valence-corrected chi connectivity index (χ4v) is 2.77. The molecule has 1 aliphatic rings. The minimum absolute atomic E-state index is 0.0268. The first kappa shape index (κ1) is 16.8. The van der Waals surface area contributed by atoms with Crippen LogP contribution in [-0.2, 0) is 0 Å². The van der Waals surface area contributed by atoms with Crippen LogP contribution < -0.4 is 16.2 Å². The van der Waals surface area contributed by atoms with Crippen molar-refractivity contribution < 1.29 is 9.59 Å². The second-order valence-electron chi connectivity index (χ2n) is 4.94. The second-order valence-corrected chi connectivity index (χ2v) is 6.12. The fraction of sp³-hybridized carbons (Fsp3) is 0.538. The molecule has 1 aliphatic carbocycles. The fourth-order valence-electron chi connectivity index (χ4n) is 2.25. The second kappa shape index (κ2) is 8.19. The van der Waals surface area contributed by atoms with Crippen LogP contribution in [-0.4, -0.2) is 34.2 Å². The summed E-state index contributed by atoms with van der Waals surface area (Å²) in [5, 5.41) is 3.39. The van der Waals surface area contributed by atoms with Gasteiger partial charge >= 0.3 is 6.03 Å². The van der Waals surface area contributed by atoms with E-state index in [-0.39, 0.29) is 16.8 Å². The molecule has 0 aromatic carbocycles. The molecule has 1 fully saturated rings. The Morgan fingerprint density at radius 3 is 2.68 bits per heavy atom. The standard InChI is InChI=1S/C13H18ClN5O2S/c1-22-13-15-7-9(14)10(17-13)11(20)18-19-12(21)16-8-5-3-2-4-6-8/h7-8H,2-6H2,1H3,(H,18,20)(H2,16,19,21). The highest BCUT2D eigenvalue weighted by atomic mass is 35.5. The highest BCUT2D eigenvalue weighted by molar-refractivity contribution is 7.98. The number of amides is 3. The molecule has 22 heavy (non-hydrogen) atoms. The van der Waals surface area contributed by atoms with E-state index in [0.717, 1.165) is 25.7 Å². The van der Waals surface area contributed by atoms with Gasteiger partial charge in [-0.2, -0.15) is 0 Å². The van der Waals surface area contributed by atoms with Crippen molar-refractivity contribution in [2.24, 2.45) is 0 Å².